The Kier molecular flexibility index (Phi) is 3.79. The number of hydrogen-bond acceptors (Lipinski definition) is 3. The lowest BCUT2D eigenvalue weighted by molar-refractivity contribution is -0.135. The lowest BCUT2D eigenvalue weighted by Gasteiger charge is -2.20. The van der Waals surface area contributed by atoms with Gasteiger partial charge in [0.05, 0.1) is 0 Å². The molecule has 122 valence electrons. The number of carbonyl (C=O) groups is 3. The lowest BCUT2D eigenvalue weighted by atomic mass is 9.96. The molecule has 2 fully saturated rings. The average Bonchev–Trinajstić information content (AvgIpc) is 3.33. The van der Waals surface area contributed by atoms with E-state index in [1.54, 1.807) is 19.1 Å². The molecule has 2 aliphatic rings. The number of halogens is 1. The maximum absolute atomic E-state index is 12.8. The van der Waals surface area contributed by atoms with Gasteiger partial charge in [0.15, 0.2) is 0 Å². The van der Waals surface area contributed by atoms with Crippen molar-refractivity contribution in [2.45, 2.75) is 31.8 Å². The molecule has 1 unspecified atom stereocenters. The van der Waals surface area contributed by atoms with Crippen LogP contribution in [-0.4, -0.2) is 34.8 Å². The predicted molar refractivity (Wildman–Crippen MR) is 79.6 cm³/mol. The van der Waals surface area contributed by atoms with E-state index in [0.717, 1.165) is 23.3 Å². The summed E-state index contributed by atoms with van der Waals surface area (Å²) >= 11 is 0. The van der Waals surface area contributed by atoms with Gasteiger partial charge in [0.1, 0.15) is 17.9 Å². The monoisotopic (exact) mass is 319 g/mol. The van der Waals surface area contributed by atoms with Crippen molar-refractivity contribution in [2.24, 2.45) is 5.92 Å². The summed E-state index contributed by atoms with van der Waals surface area (Å²) in [4.78, 5) is 37.3. The Labute approximate surface area is 133 Å². The minimum atomic E-state index is -0.881. The topological polar surface area (TPSA) is 78.5 Å². The van der Waals surface area contributed by atoms with E-state index >= 15 is 0 Å². The molecule has 1 aliphatic carbocycles. The summed E-state index contributed by atoms with van der Waals surface area (Å²) in [5, 5.41) is 5.32. The Morgan fingerprint density at radius 3 is 2.61 bits per heavy atom. The summed E-state index contributed by atoms with van der Waals surface area (Å²) in [6.45, 7) is 1.61. The molecule has 7 heteroatoms. The van der Waals surface area contributed by atoms with Gasteiger partial charge in [0.25, 0.3) is 5.91 Å². The molecule has 2 N–H and O–H groups in total. The fraction of sp³-hybridized carbons (Fsp3) is 0.438. The van der Waals surface area contributed by atoms with E-state index < -0.39 is 17.5 Å². The zero-order valence-electron chi connectivity index (χ0n) is 12.8. The maximum Gasteiger partial charge on any atom is 0.325 e. The van der Waals surface area contributed by atoms with Crippen molar-refractivity contribution in [1.29, 1.82) is 0 Å². The van der Waals surface area contributed by atoms with Gasteiger partial charge in [-0.25, -0.2) is 9.18 Å². The SMILES string of the molecule is CC1(C2CC2)NC(=O)N(CC(=O)NCc2ccc(F)cc2)C1=O. The van der Waals surface area contributed by atoms with Crippen molar-refractivity contribution < 1.29 is 18.8 Å². The summed E-state index contributed by atoms with van der Waals surface area (Å²) in [5.41, 5.74) is -0.145. The van der Waals surface area contributed by atoms with Crippen LogP contribution in [0.5, 0.6) is 0 Å². The molecular formula is C16H18FN3O3. The largest absolute Gasteiger partial charge is 0.350 e. The van der Waals surface area contributed by atoms with Crippen LogP contribution in [-0.2, 0) is 16.1 Å². The number of benzene rings is 1. The number of carbonyl (C=O) groups excluding carboxylic acids is 3. The number of amides is 4. The fourth-order valence-corrected chi connectivity index (χ4v) is 2.80. The molecule has 1 aromatic rings. The van der Waals surface area contributed by atoms with Crippen molar-refractivity contribution in [3.05, 3.63) is 35.6 Å². The number of imide groups is 1. The Morgan fingerprint density at radius 2 is 2.00 bits per heavy atom. The lowest BCUT2D eigenvalue weighted by Crippen LogP contribution is -2.46. The second kappa shape index (κ2) is 5.64. The van der Waals surface area contributed by atoms with Gasteiger partial charge in [-0.1, -0.05) is 12.1 Å². The highest BCUT2D eigenvalue weighted by Gasteiger charge is 2.56. The Balaban J connectivity index is 1.56. The third kappa shape index (κ3) is 3.04. The molecule has 4 amide bonds. The van der Waals surface area contributed by atoms with Crippen molar-refractivity contribution >= 4 is 17.8 Å². The Hall–Kier alpha value is -2.44. The highest BCUT2D eigenvalue weighted by atomic mass is 19.1. The zero-order chi connectivity index (χ0) is 16.6. The summed E-state index contributed by atoms with van der Waals surface area (Å²) in [6.07, 6.45) is 1.82. The predicted octanol–water partition coefficient (Wildman–Crippen LogP) is 1.16. The first-order chi connectivity index (χ1) is 10.9. The van der Waals surface area contributed by atoms with Crippen molar-refractivity contribution in [2.75, 3.05) is 6.54 Å². The Morgan fingerprint density at radius 1 is 1.35 bits per heavy atom. The van der Waals surface area contributed by atoms with Gasteiger partial charge in [-0.3, -0.25) is 14.5 Å². The number of nitrogens with zero attached hydrogens (tertiary/aromatic N) is 1. The Bertz CT molecular complexity index is 657. The van der Waals surface area contributed by atoms with Gasteiger partial charge >= 0.3 is 6.03 Å². The van der Waals surface area contributed by atoms with Crippen LogP contribution in [0.15, 0.2) is 24.3 Å². The standard InChI is InChI=1S/C16H18FN3O3/c1-16(11-4-5-11)14(22)20(15(23)19-16)9-13(21)18-8-10-2-6-12(17)7-3-10/h2-3,6-7,11H,4-5,8-9H2,1H3,(H,18,21)(H,19,23). The third-order valence-electron chi connectivity index (χ3n) is 4.40. The molecule has 1 aliphatic heterocycles. The van der Waals surface area contributed by atoms with E-state index in [-0.39, 0.29) is 30.7 Å². The molecule has 23 heavy (non-hydrogen) atoms. The second-order valence-corrected chi connectivity index (χ2v) is 6.20. The highest BCUT2D eigenvalue weighted by Crippen LogP contribution is 2.42. The highest BCUT2D eigenvalue weighted by molar-refractivity contribution is 6.09. The van der Waals surface area contributed by atoms with Crippen LogP contribution >= 0.6 is 0 Å². The van der Waals surface area contributed by atoms with E-state index in [9.17, 15) is 18.8 Å². The number of urea groups is 1. The van der Waals surface area contributed by atoms with Gasteiger partial charge in [-0.2, -0.15) is 0 Å². The summed E-state index contributed by atoms with van der Waals surface area (Å²) < 4.78 is 12.8. The number of rotatable bonds is 5. The van der Waals surface area contributed by atoms with Crippen LogP contribution in [0.1, 0.15) is 25.3 Å². The van der Waals surface area contributed by atoms with E-state index in [2.05, 4.69) is 10.6 Å². The molecule has 1 atom stereocenters. The summed E-state index contributed by atoms with van der Waals surface area (Å²) in [5.74, 6) is -0.968. The first-order valence-electron chi connectivity index (χ1n) is 7.55. The van der Waals surface area contributed by atoms with Gasteiger partial charge in [-0.15, -0.1) is 0 Å². The van der Waals surface area contributed by atoms with E-state index in [1.807, 2.05) is 0 Å². The van der Waals surface area contributed by atoms with Gasteiger partial charge in [0.2, 0.25) is 5.91 Å². The molecule has 0 radical (unpaired) electrons. The zero-order valence-corrected chi connectivity index (χ0v) is 12.8. The molecule has 3 rings (SSSR count). The van der Waals surface area contributed by atoms with Crippen LogP contribution < -0.4 is 10.6 Å². The first kappa shape index (κ1) is 15.5. The number of nitrogens with one attached hydrogen (secondary N) is 2. The molecule has 1 saturated heterocycles. The van der Waals surface area contributed by atoms with Crippen LogP contribution in [0.2, 0.25) is 0 Å². The van der Waals surface area contributed by atoms with Crippen LogP contribution in [0.4, 0.5) is 9.18 Å². The minimum absolute atomic E-state index is 0.159. The van der Waals surface area contributed by atoms with Gasteiger partial charge in [-0.05, 0) is 43.4 Å². The first-order valence-corrected chi connectivity index (χ1v) is 7.55. The second-order valence-electron chi connectivity index (χ2n) is 6.20. The molecule has 0 spiro atoms. The normalized spacial score (nSPS) is 23.8. The van der Waals surface area contributed by atoms with E-state index in [4.69, 9.17) is 0 Å². The molecule has 0 bridgehead atoms. The average molecular weight is 319 g/mol. The van der Waals surface area contributed by atoms with Crippen LogP contribution in [0, 0.1) is 11.7 Å². The van der Waals surface area contributed by atoms with E-state index in [1.165, 1.54) is 12.1 Å². The molecule has 6 nitrogen and oxygen atoms in total. The smallest absolute Gasteiger partial charge is 0.325 e. The summed E-state index contributed by atoms with van der Waals surface area (Å²) in [6, 6.07) is 5.21. The van der Waals surface area contributed by atoms with Crippen LogP contribution in [0.3, 0.4) is 0 Å². The van der Waals surface area contributed by atoms with Gasteiger partial charge in [0, 0.05) is 6.54 Å². The van der Waals surface area contributed by atoms with Gasteiger partial charge < -0.3 is 10.6 Å². The fourth-order valence-electron chi connectivity index (χ4n) is 2.80. The van der Waals surface area contributed by atoms with Crippen molar-refractivity contribution in [1.82, 2.24) is 15.5 Å². The molecule has 0 aromatic heterocycles. The molecule has 1 aromatic carbocycles. The minimum Gasteiger partial charge on any atom is -0.350 e. The molecule has 1 heterocycles. The molecular weight excluding hydrogens is 301 g/mol. The maximum atomic E-state index is 12.8. The van der Waals surface area contributed by atoms with Crippen molar-refractivity contribution in [3.63, 3.8) is 0 Å². The quantitative estimate of drug-likeness (QED) is 0.800. The third-order valence-corrected chi connectivity index (χ3v) is 4.40. The van der Waals surface area contributed by atoms with Crippen molar-refractivity contribution in [3.8, 4) is 0 Å². The summed E-state index contributed by atoms with van der Waals surface area (Å²) in [7, 11) is 0. The van der Waals surface area contributed by atoms with Crippen LogP contribution in [0.25, 0.3) is 0 Å². The van der Waals surface area contributed by atoms with E-state index in [0.29, 0.717) is 0 Å². The number of hydrogen-bond donors (Lipinski definition) is 2. The molecule has 1 saturated carbocycles.